The summed E-state index contributed by atoms with van der Waals surface area (Å²) in [5.74, 6) is 1.63. The third-order valence-electron chi connectivity index (χ3n) is 1.65. The van der Waals surface area contributed by atoms with Crippen molar-refractivity contribution in [2.45, 2.75) is 13.8 Å². The highest BCUT2D eigenvalue weighted by Gasteiger charge is 1.98. The van der Waals surface area contributed by atoms with Crippen molar-refractivity contribution in [3.63, 3.8) is 0 Å². The predicted molar refractivity (Wildman–Crippen MR) is 45.2 cm³/mol. The minimum Gasteiger partial charge on any atom is -0.116 e. The molecule has 0 aliphatic heterocycles. The van der Waals surface area contributed by atoms with Crippen LogP contribution in [0.1, 0.15) is 16.7 Å². The molecule has 0 aliphatic rings. The van der Waals surface area contributed by atoms with Gasteiger partial charge in [-0.05, 0) is 30.5 Å². The Morgan fingerprint density at radius 3 is 2.00 bits per heavy atom. The van der Waals surface area contributed by atoms with E-state index in [1.54, 1.807) is 5.88 Å². The molecule has 0 bridgehead atoms. The second kappa shape index (κ2) is 3.07. The summed E-state index contributed by atoms with van der Waals surface area (Å²) in [6.45, 7) is 4.11. The molecule has 1 heteroatoms. The molecule has 0 unspecified atom stereocenters. The molecule has 0 spiro atoms. The van der Waals surface area contributed by atoms with Crippen molar-refractivity contribution in [2.24, 2.45) is 0 Å². The van der Waals surface area contributed by atoms with Gasteiger partial charge in [0.25, 0.3) is 0 Å². The van der Waals surface area contributed by atoms with Gasteiger partial charge in [0.2, 0.25) is 0 Å². The summed E-state index contributed by atoms with van der Waals surface area (Å²) in [6.07, 6.45) is 0. The van der Waals surface area contributed by atoms with E-state index < -0.39 is 0 Å². The monoisotopic (exact) mass is 153 g/mol. The summed E-state index contributed by atoms with van der Waals surface area (Å²) in [4.78, 5) is 0. The quantitative estimate of drug-likeness (QED) is 0.582. The molecule has 1 rings (SSSR count). The second-order valence-corrected chi connectivity index (χ2v) is 2.63. The van der Waals surface area contributed by atoms with Gasteiger partial charge >= 0.3 is 0 Å². The molecule has 53 valence electrons. The molecule has 0 saturated carbocycles. The first-order chi connectivity index (χ1) is 4.75. The van der Waals surface area contributed by atoms with E-state index in [0.717, 1.165) is 5.56 Å². The van der Waals surface area contributed by atoms with Crippen LogP contribution in [0.5, 0.6) is 0 Å². The average molecular weight is 154 g/mol. The van der Waals surface area contributed by atoms with Crippen LogP contribution >= 0.6 is 11.6 Å². The largest absolute Gasteiger partial charge is 0.116 e. The Bertz CT molecular complexity index is 208. The van der Waals surface area contributed by atoms with Gasteiger partial charge < -0.3 is 0 Å². The Balaban J connectivity index is 3.17. The van der Waals surface area contributed by atoms with Gasteiger partial charge in [-0.3, -0.25) is 0 Å². The van der Waals surface area contributed by atoms with Gasteiger partial charge in [-0.15, -0.1) is 11.6 Å². The Hall–Kier alpha value is -0.490. The Morgan fingerprint density at radius 1 is 1.20 bits per heavy atom. The first kappa shape index (κ1) is 7.62. The fourth-order valence-corrected chi connectivity index (χ4v) is 1.34. The maximum Gasteiger partial charge on any atom is 0.0795 e. The number of rotatable bonds is 1. The lowest BCUT2D eigenvalue weighted by molar-refractivity contribution is 1.32. The first-order valence-electron chi connectivity index (χ1n) is 3.25. The number of aryl methyl sites for hydroxylation is 2. The number of benzene rings is 1. The van der Waals surface area contributed by atoms with Crippen molar-refractivity contribution < 1.29 is 0 Å². The maximum absolute atomic E-state index is 5.61. The summed E-state index contributed by atoms with van der Waals surface area (Å²) < 4.78 is 0. The molecule has 0 nitrogen and oxygen atoms in total. The maximum atomic E-state index is 5.61. The van der Waals surface area contributed by atoms with E-state index in [1.165, 1.54) is 11.1 Å². The molecular weight excluding hydrogens is 144 g/mol. The molecule has 0 aliphatic carbocycles. The highest BCUT2D eigenvalue weighted by atomic mass is 35.5. The van der Waals surface area contributed by atoms with E-state index in [0.29, 0.717) is 0 Å². The van der Waals surface area contributed by atoms with Gasteiger partial charge in [0.05, 0.1) is 5.88 Å². The molecule has 1 radical (unpaired) electrons. The standard InChI is InChI=1S/C9H10Cl/c1-7-4-3-5-8(2)9(7)6-10/h3-6H,1-2H3. The fourth-order valence-electron chi connectivity index (χ4n) is 0.999. The lowest BCUT2D eigenvalue weighted by atomic mass is 10.1. The van der Waals surface area contributed by atoms with Crippen LogP contribution in [0.4, 0.5) is 0 Å². The molecular formula is C9H10Cl. The Labute approximate surface area is 66.8 Å². The zero-order chi connectivity index (χ0) is 7.56. The van der Waals surface area contributed by atoms with Crippen molar-refractivity contribution in [2.75, 3.05) is 0 Å². The summed E-state index contributed by atoms with van der Waals surface area (Å²) in [5, 5.41) is 0. The molecule has 0 heterocycles. The van der Waals surface area contributed by atoms with E-state index in [4.69, 9.17) is 11.6 Å². The molecule has 0 N–H and O–H groups in total. The lowest BCUT2D eigenvalue weighted by Crippen LogP contribution is -1.86. The predicted octanol–water partition coefficient (Wildman–Crippen LogP) is 3.05. The van der Waals surface area contributed by atoms with Crippen molar-refractivity contribution in [3.8, 4) is 0 Å². The Kier molecular flexibility index (Phi) is 2.34. The van der Waals surface area contributed by atoms with Crippen LogP contribution in [0.15, 0.2) is 18.2 Å². The van der Waals surface area contributed by atoms with Gasteiger partial charge in [-0.2, -0.15) is 0 Å². The van der Waals surface area contributed by atoms with Gasteiger partial charge in [0, 0.05) is 0 Å². The zero-order valence-corrected chi connectivity index (χ0v) is 6.94. The molecule has 0 aromatic heterocycles. The molecule has 0 amide bonds. The minimum absolute atomic E-state index is 1.14. The fraction of sp³-hybridized carbons (Fsp3) is 0.222. The van der Waals surface area contributed by atoms with Crippen molar-refractivity contribution in [3.05, 3.63) is 40.8 Å². The summed E-state index contributed by atoms with van der Waals surface area (Å²) in [6, 6.07) is 6.15. The third kappa shape index (κ3) is 1.32. The highest BCUT2D eigenvalue weighted by Crippen LogP contribution is 2.16. The SMILES string of the molecule is Cc1cccc(C)c1[CH]Cl. The van der Waals surface area contributed by atoms with E-state index in [9.17, 15) is 0 Å². The molecule has 0 fully saturated rings. The minimum atomic E-state index is 1.14. The third-order valence-corrected chi connectivity index (χ3v) is 1.87. The van der Waals surface area contributed by atoms with E-state index in [-0.39, 0.29) is 0 Å². The van der Waals surface area contributed by atoms with Crippen LogP contribution in [0, 0.1) is 19.7 Å². The molecule has 0 atom stereocenters. The van der Waals surface area contributed by atoms with Crippen LogP contribution in [0.25, 0.3) is 0 Å². The highest BCUT2D eigenvalue weighted by molar-refractivity contribution is 6.25. The van der Waals surface area contributed by atoms with E-state index >= 15 is 0 Å². The molecule has 1 aromatic carbocycles. The molecule has 1 aromatic rings. The topological polar surface area (TPSA) is 0 Å². The van der Waals surface area contributed by atoms with Crippen LogP contribution in [0.2, 0.25) is 0 Å². The van der Waals surface area contributed by atoms with Gasteiger partial charge in [0.15, 0.2) is 0 Å². The van der Waals surface area contributed by atoms with Crippen LogP contribution < -0.4 is 0 Å². The van der Waals surface area contributed by atoms with Crippen LogP contribution in [0.3, 0.4) is 0 Å². The average Bonchev–Trinajstić information content (AvgIpc) is 1.88. The number of halogens is 1. The van der Waals surface area contributed by atoms with E-state index in [1.807, 2.05) is 6.07 Å². The van der Waals surface area contributed by atoms with Crippen molar-refractivity contribution in [1.29, 1.82) is 0 Å². The van der Waals surface area contributed by atoms with Gasteiger partial charge in [0.1, 0.15) is 0 Å². The zero-order valence-electron chi connectivity index (χ0n) is 6.19. The molecule has 10 heavy (non-hydrogen) atoms. The smallest absolute Gasteiger partial charge is 0.0795 e. The first-order valence-corrected chi connectivity index (χ1v) is 3.69. The van der Waals surface area contributed by atoms with Crippen LogP contribution in [-0.2, 0) is 0 Å². The second-order valence-electron chi connectivity index (χ2n) is 2.41. The van der Waals surface area contributed by atoms with Gasteiger partial charge in [-0.1, -0.05) is 18.2 Å². The summed E-state index contributed by atoms with van der Waals surface area (Å²) in [7, 11) is 0. The number of hydrogen-bond donors (Lipinski definition) is 0. The normalized spacial score (nSPS) is 9.90. The Morgan fingerprint density at radius 2 is 1.70 bits per heavy atom. The van der Waals surface area contributed by atoms with Crippen molar-refractivity contribution >= 4 is 11.6 Å². The molecule has 0 saturated heterocycles. The summed E-state index contributed by atoms with van der Waals surface area (Å²) >= 11 is 5.61. The van der Waals surface area contributed by atoms with E-state index in [2.05, 4.69) is 26.0 Å². The van der Waals surface area contributed by atoms with Crippen LogP contribution in [-0.4, -0.2) is 0 Å². The number of hydrogen-bond acceptors (Lipinski definition) is 0. The summed E-state index contributed by atoms with van der Waals surface area (Å²) in [5.41, 5.74) is 3.61. The lowest BCUT2D eigenvalue weighted by Gasteiger charge is -2.03. The van der Waals surface area contributed by atoms with Crippen molar-refractivity contribution in [1.82, 2.24) is 0 Å². The van der Waals surface area contributed by atoms with Gasteiger partial charge in [-0.25, -0.2) is 0 Å².